The second kappa shape index (κ2) is 4.11. The first-order valence-corrected chi connectivity index (χ1v) is 5.45. The van der Waals surface area contributed by atoms with E-state index in [2.05, 4.69) is 21.5 Å². The van der Waals surface area contributed by atoms with Crippen molar-refractivity contribution in [2.75, 3.05) is 38.1 Å². The molecule has 2 rings (SSSR count). The Morgan fingerprint density at radius 2 is 2.07 bits per heavy atom. The van der Waals surface area contributed by atoms with Gasteiger partial charge in [0.2, 0.25) is 5.69 Å². The summed E-state index contributed by atoms with van der Waals surface area (Å²) < 4.78 is 3.69. The Bertz CT molecular complexity index is 359. The molecular weight excluding hydrogens is 216 g/mol. The van der Waals surface area contributed by atoms with Crippen molar-refractivity contribution in [2.24, 2.45) is 0 Å². The van der Waals surface area contributed by atoms with Crippen molar-refractivity contribution >= 4 is 22.5 Å². The highest BCUT2D eigenvalue weighted by molar-refractivity contribution is 7.10. The number of piperazine rings is 1. The van der Waals surface area contributed by atoms with Gasteiger partial charge in [-0.2, -0.15) is 0 Å². The van der Waals surface area contributed by atoms with Crippen LogP contribution >= 0.6 is 11.5 Å². The van der Waals surface area contributed by atoms with Crippen molar-refractivity contribution in [3.05, 3.63) is 5.69 Å². The number of aromatic carboxylic acids is 1. The fourth-order valence-electron chi connectivity index (χ4n) is 1.54. The molecule has 0 aliphatic carbocycles. The largest absolute Gasteiger partial charge is 0.476 e. The van der Waals surface area contributed by atoms with Crippen molar-refractivity contribution in [2.45, 2.75) is 0 Å². The molecule has 0 amide bonds. The first-order chi connectivity index (χ1) is 7.18. The Balaban J connectivity index is 2.15. The number of likely N-dealkylation sites (N-methyl/N-ethyl adjacent to an activating group) is 1. The number of hydrogen-bond donors (Lipinski definition) is 1. The molecule has 0 bridgehead atoms. The maximum atomic E-state index is 10.9. The highest BCUT2D eigenvalue weighted by atomic mass is 32.1. The van der Waals surface area contributed by atoms with E-state index < -0.39 is 5.97 Å². The first kappa shape index (κ1) is 10.3. The lowest BCUT2D eigenvalue weighted by atomic mass is 10.3. The minimum absolute atomic E-state index is 0.0737. The highest BCUT2D eigenvalue weighted by Crippen LogP contribution is 2.23. The summed E-state index contributed by atoms with van der Waals surface area (Å²) in [5, 5.41) is 13.2. The van der Waals surface area contributed by atoms with Gasteiger partial charge in [-0.15, -0.1) is 5.10 Å². The summed E-state index contributed by atoms with van der Waals surface area (Å²) in [6, 6.07) is 0. The fraction of sp³-hybridized carbons (Fsp3) is 0.625. The van der Waals surface area contributed by atoms with Gasteiger partial charge in [0.05, 0.1) is 0 Å². The van der Waals surface area contributed by atoms with Gasteiger partial charge in [-0.05, 0) is 7.05 Å². The number of anilines is 1. The number of carboxylic acid groups (broad SMARTS) is 1. The fourth-order valence-corrected chi connectivity index (χ4v) is 2.25. The summed E-state index contributed by atoms with van der Waals surface area (Å²) in [5.41, 5.74) is 0.0737. The van der Waals surface area contributed by atoms with Crippen LogP contribution in [-0.2, 0) is 0 Å². The predicted molar refractivity (Wildman–Crippen MR) is 56.6 cm³/mol. The van der Waals surface area contributed by atoms with E-state index in [1.54, 1.807) is 0 Å². The van der Waals surface area contributed by atoms with Gasteiger partial charge in [-0.25, -0.2) is 4.79 Å². The van der Waals surface area contributed by atoms with Gasteiger partial charge < -0.3 is 14.9 Å². The van der Waals surface area contributed by atoms with Crippen LogP contribution in [0.5, 0.6) is 0 Å². The lowest BCUT2D eigenvalue weighted by Crippen LogP contribution is -2.44. The van der Waals surface area contributed by atoms with Crippen molar-refractivity contribution < 1.29 is 9.90 Å². The number of carboxylic acids is 1. The Hall–Kier alpha value is -1.21. The highest BCUT2D eigenvalue weighted by Gasteiger charge is 2.23. The molecule has 1 N–H and O–H groups in total. The summed E-state index contributed by atoms with van der Waals surface area (Å²) in [4.78, 5) is 15.1. The van der Waals surface area contributed by atoms with Crippen LogP contribution in [0.15, 0.2) is 0 Å². The third kappa shape index (κ3) is 2.07. The molecule has 0 saturated carbocycles. The quantitative estimate of drug-likeness (QED) is 0.767. The van der Waals surface area contributed by atoms with E-state index in [1.165, 1.54) is 0 Å². The molecule has 0 atom stereocenters. The van der Waals surface area contributed by atoms with E-state index in [4.69, 9.17) is 5.11 Å². The SMILES string of the molecule is CN1CCN(c2snnc2C(=O)O)CC1. The van der Waals surface area contributed by atoms with E-state index in [-0.39, 0.29) is 5.69 Å². The van der Waals surface area contributed by atoms with E-state index in [1.807, 2.05) is 4.90 Å². The standard InChI is InChI=1S/C8H12N4O2S/c1-11-2-4-12(5-3-11)7-6(8(13)14)9-10-15-7/h2-5H2,1H3,(H,13,14). The summed E-state index contributed by atoms with van der Waals surface area (Å²) in [7, 11) is 2.06. The Morgan fingerprint density at radius 3 is 2.67 bits per heavy atom. The van der Waals surface area contributed by atoms with Crippen LogP contribution in [0.25, 0.3) is 0 Å². The molecule has 1 saturated heterocycles. The average Bonchev–Trinajstić information content (AvgIpc) is 2.67. The molecule has 7 heteroatoms. The van der Waals surface area contributed by atoms with Crippen molar-refractivity contribution in [1.82, 2.24) is 14.5 Å². The van der Waals surface area contributed by atoms with E-state index in [9.17, 15) is 4.79 Å². The zero-order valence-corrected chi connectivity index (χ0v) is 9.20. The van der Waals surface area contributed by atoms with Crippen LogP contribution in [0.2, 0.25) is 0 Å². The van der Waals surface area contributed by atoms with Gasteiger partial charge >= 0.3 is 5.97 Å². The average molecular weight is 228 g/mol. The Morgan fingerprint density at radius 1 is 1.40 bits per heavy atom. The molecule has 82 valence electrons. The molecule has 1 fully saturated rings. The molecule has 0 aromatic carbocycles. The van der Waals surface area contributed by atoms with E-state index in [0.717, 1.165) is 37.7 Å². The van der Waals surface area contributed by atoms with E-state index in [0.29, 0.717) is 5.00 Å². The third-order valence-corrected chi connectivity index (χ3v) is 3.25. The second-order valence-electron chi connectivity index (χ2n) is 3.52. The zero-order valence-electron chi connectivity index (χ0n) is 8.38. The Kier molecular flexibility index (Phi) is 2.83. The minimum Gasteiger partial charge on any atom is -0.476 e. The van der Waals surface area contributed by atoms with Crippen LogP contribution in [0.3, 0.4) is 0 Å². The van der Waals surface area contributed by atoms with Gasteiger partial charge in [0, 0.05) is 37.7 Å². The maximum Gasteiger partial charge on any atom is 0.359 e. The van der Waals surface area contributed by atoms with Crippen LogP contribution < -0.4 is 4.90 Å². The molecule has 6 nitrogen and oxygen atoms in total. The topological polar surface area (TPSA) is 69.6 Å². The number of carbonyl (C=O) groups is 1. The third-order valence-electron chi connectivity index (χ3n) is 2.46. The van der Waals surface area contributed by atoms with Crippen molar-refractivity contribution in [1.29, 1.82) is 0 Å². The van der Waals surface area contributed by atoms with Crippen LogP contribution in [0, 0.1) is 0 Å². The molecule has 1 aromatic rings. The number of nitrogens with zero attached hydrogens (tertiary/aromatic N) is 4. The second-order valence-corrected chi connectivity index (χ2v) is 4.25. The summed E-state index contributed by atoms with van der Waals surface area (Å²) >= 11 is 1.15. The van der Waals surface area contributed by atoms with E-state index >= 15 is 0 Å². The van der Waals surface area contributed by atoms with Gasteiger partial charge in [0.15, 0.2) is 0 Å². The molecule has 15 heavy (non-hydrogen) atoms. The molecule has 0 radical (unpaired) electrons. The molecule has 0 unspecified atom stereocenters. The van der Waals surface area contributed by atoms with Crippen molar-refractivity contribution in [3.8, 4) is 0 Å². The normalized spacial score (nSPS) is 18.1. The molecular formula is C8H12N4O2S. The van der Waals surface area contributed by atoms with Gasteiger partial charge in [-0.3, -0.25) is 0 Å². The predicted octanol–water partition coefficient (Wildman–Crippen LogP) is -0.0119. The van der Waals surface area contributed by atoms with Crippen LogP contribution in [0.1, 0.15) is 10.5 Å². The molecule has 2 heterocycles. The van der Waals surface area contributed by atoms with Crippen molar-refractivity contribution in [3.63, 3.8) is 0 Å². The lowest BCUT2D eigenvalue weighted by Gasteiger charge is -2.32. The molecule has 1 aliphatic heterocycles. The first-order valence-electron chi connectivity index (χ1n) is 4.67. The molecule has 1 aromatic heterocycles. The Labute approximate surface area is 91.3 Å². The van der Waals surface area contributed by atoms with Gasteiger partial charge in [0.1, 0.15) is 5.00 Å². The summed E-state index contributed by atoms with van der Waals surface area (Å²) in [6.45, 7) is 3.55. The monoisotopic (exact) mass is 228 g/mol. The maximum absolute atomic E-state index is 10.9. The van der Waals surface area contributed by atoms with Gasteiger partial charge in [0.25, 0.3) is 0 Å². The molecule has 1 aliphatic rings. The number of aromatic nitrogens is 2. The lowest BCUT2D eigenvalue weighted by molar-refractivity contribution is 0.0691. The summed E-state index contributed by atoms with van der Waals surface area (Å²) in [5.74, 6) is -1.00. The number of rotatable bonds is 2. The summed E-state index contributed by atoms with van der Waals surface area (Å²) in [6.07, 6.45) is 0. The smallest absolute Gasteiger partial charge is 0.359 e. The van der Waals surface area contributed by atoms with Crippen LogP contribution in [0.4, 0.5) is 5.00 Å². The van der Waals surface area contributed by atoms with Crippen LogP contribution in [-0.4, -0.2) is 58.8 Å². The van der Waals surface area contributed by atoms with Gasteiger partial charge in [-0.1, -0.05) is 4.49 Å². The minimum atomic E-state index is -1.00. The zero-order chi connectivity index (χ0) is 10.8. The molecule has 0 spiro atoms. The number of hydrogen-bond acceptors (Lipinski definition) is 6.